The van der Waals surface area contributed by atoms with Crippen LogP contribution in [0.15, 0.2) is 24.3 Å². The van der Waals surface area contributed by atoms with E-state index in [4.69, 9.17) is 4.74 Å². The van der Waals surface area contributed by atoms with E-state index in [1.807, 2.05) is 31.2 Å². The van der Waals surface area contributed by atoms with E-state index in [0.29, 0.717) is 44.9 Å². The van der Waals surface area contributed by atoms with Crippen molar-refractivity contribution in [1.82, 2.24) is 0 Å². The fraction of sp³-hybridized carbons (Fsp3) is 0.591. The summed E-state index contributed by atoms with van der Waals surface area (Å²) in [5.74, 6) is 1.08. The number of ketones is 3. The van der Waals surface area contributed by atoms with Gasteiger partial charge in [0.1, 0.15) is 23.1 Å². The molecule has 0 aliphatic heterocycles. The average molecular weight is 358 g/mol. The monoisotopic (exact) mass is 358 g/mol. The van der Waals surface area contributed by atoms with Crippen molar-refractivity contribution < 1.29 is 19.1 Å². The molecule has 0 aromatic heterocycles. The zero-order chi connectivity index (χ0) is 19.0. The lowest BCUT2D eigenvalue weighted by Crippen LogP contribution is -2.42. The summed E-state index contributed by atoms with van der Waals surface area (Å²) < 4.78 is 5.21. The van der Waals surface area contributed by atoms with Crippen molar-refractivity contribution in [3.8, 4) is 5.75 Å². The van der Waals surface area contributed by atoms with Crippen molar-refractivity contribution in [2.45, 2.75) is 71.1 Å². The molecular weight excluding hydrogens is 328 g/mol. The number of ether oxygens (including phenoxy) is 1. The maximum absolute atomic E-state index is 12.4. The van der Waals surface area contributed by atoms with Gasteiger partial charge in [-0.2, -0.15) is 0 Å². The molecule has 1 saturated carbocycles. The minimum absolute atomic E-state index is 0.0554. The van der Waals surface area contributed by atoms with E-state index >= 15 is 0 Å². The Morgan fingerprint density at radius 2 is 1.85 bits per heavy atom. The van der Waals surface area contributed by atoms with Crippen LogP contribution in [0.3, 0.4) is 0 Å². The third kappa shape index (κ3) is 5.03. The molecule has 26 heavy (non-hydrogen) atoms. The van der Waals surface area contributed by atoms with Crippen molar-refractivity contribution in [1.29, 1.82) is 0 Å². The second-order valence-electron chi connectivity index (χ2n) is 7.28. The van der Waals surface area contributed by atoms with Gasteiger partial charge in [0, 0.05) is 25.7 Å². The smallest absolute Gasteiger partial charge is 0.146 e. The molecule has 1 aromatic carbocycles. The highest BCUT2D eigenvalue weighted by atomic mass is 16.5. The van der Waals surface area contributed by atoms with E-state index in [-0.39, 0.29) is 17.3 Å². The van der Waals surface area contributed by atoms with E-state index in [1.165, 1.54) is 0 Å². The number of rotatable bonds is 10. The van der Waals surface area contributed by atoms with Crippen LogP contribution < -0.4 is 4.74 Å². The second-order valence-corrected chi connectivity index (χ2v) is 7.28. The summed E-state index contributed by atoms with van der Waals surface area (Å²) in [4.78, 5) is 37.2. The number of hydrogen-bond donors (Lipinski definition) is 0. The molecule has 0 bridgehead atoms. The molecule has 0 spiro atoms. The number of aryl methyl sites for hydroxylation is 1. The van der Waals surface area contributed by atoms with Gasteiger partial charge in [-0.3, -0.25) is 14.4 Å². The zero-order valence-corrected chi connectivity index (χ0v) is 16.0. The summed E-state index contributed by atoms with van der Waals surface area (Å²) in [6, 6.07) is 7.87. The molecule has 1 fully saturated rings. The van der Waals surface area contributed by atoms with E-state index in [9.17, 15) is 14.4 Å². The van der Waals surface area contributed by atoms with Crippen molar-refractivity contribution in [2.24, 2.45) is 5.41 Å². The van der Waals surface area contributed by atoms with Crippen molar-refractivity contribution in [3.63, 3.8) is 0 Å². The Balaban J connectivity index is 1.84. The molecule has 2 rings (SSSR count). The Kier molecular flexibility index (Phi) is 7.55. The first kappa shape index (κ1) is 20.3. The second kappa shape index (κ2) is 9.65. The van der Waals surface area contributed by atoms with Gasteiger partial charge >= 0.3 is 0 Å². The molecule has 0 radical (unpaired) electrons. The molecular formula is C22H30O4. The minimum Gasteiger partial charge on any atom is -0.497 e. The van der Waals surface area contributed by atoms with Gasteiger partial charge < -0.3 is 4.74 Å². The zero-order valence-electron chi connectivity index (χ0n) is 16.0. The summed E-state index contributed by atoms with van der Waals surface area (Å²) in [5.41, 5.74) is 0.271. The van der Waals surface area contributed by atoms with Crippen LogP contribution in [0.1, 0.15) is 70.3 Å². The highest BCUT2D eigenvalue weighted by molar-refractivity contribution is 6.09. The first-order valence-electron chi connectivity index (χ1n) is 9.73. The topological polar surface area (TPSA) is 60.4 Å². The summed E-state index contributed by atoms with van der Waals surface area (Å²) in [6.45, 7) is 1.99. The summed E-state index contributed by atoms with van der Waals surface area (Å²) >= 11 is 0. The van der Waals surface area contributed by atoms with E-state index in [0.717, 1.165) is 30.6 Å². The van der Waals surface area contributed by atoms with Crippen LogP contribution >= 0.6 is 0 Å². The summed E-state index contributed by atoms with van der Waals surface area (Å²) in [6.07, 6.45) is 5.82. The van der Waals surface area contributed by atoms with Gasteiger partial charge in [0.2, 0.25) is 0 Å². The Labute approximate surface area is 156 Å². The van der Waals surface area contributed by atoms with Gasteiger partial charge in [-0.05, 0) is 49.8 Å². The van der Waals surface area contributed by atoms with Gasteiger partial charge in [-0.25, -0.2) is 0 Å². The van der Waals surface area contributed by atoms with Crippen LogP contribution in [-0.4, -0.2) is 24.5 Å². The fourth-order valence-electron chi connectivity index (χ4n) is 3.95. The minimum atomic E-state index is -0.880. The number of carbonyl (C=O) groups is 3. The molecule has 142 valence electrons. The maximum atomic E-state index is 12.4. The molecule has 1 aliphatic rings. The maximum Gasteiger partial charge on any atom is 0.146 e. The lowest BCUT2D eigenvalue weighted by molar-refractivity contribution is -0.145. The standard InChI is InChI=1S/C22H30O4/c1-3-14-22(20(24)11-6-12-21(22)25)15-13-18(23)9-4-7-17-8-5-10-19(16-17)26-2/h5,8,10,16H,3-4,6-7,9,11-15H2,1-2H3. The molecule has 1 aromatic rings. The molecule has 0 amide bonds. The predicted octanol–water partition coefficient (Wildman–Crippen LogP) is 4.48. The molecule has 4 heteroatoms. The molecule has 0 saturated heterocycles. The quantitative estimate of drug-likeness (QED) is 0.579. The van der Waals surface area contributed by atoms with Gasteiger partial charge in [0.25, 0.3) is 0 Å². The van der Waals surface area contributed by atoms with Crippen molar-refractivity contribution >= 4 is 17.3 Å². The third-order valence-corrected chi connectivity index (χ3v) is 5.44. The third-order valence-electron chi connectivity index (χ3n) is 5.44. The Morgan fingerprint density at radius 1 is 1.12 bits per heavy atom. The first-order valence-corrected chi connectivity index (χ1v) is 9.73. The lowest BCUT2D eigenvalue weighted by atomic mass is 9.66. The fourth-order valence-corrected chi connectivity index (χ4v) is 3.95. The molecule has 4 nitrogen and oxygen atoms in total. The number of benzene rings is 1. The molecule has 0 N–H and O–H groups in total. The van der Waals surface area contributed by atoms with E-state index in [2.05, 4.69) is 0 Å². The molecule has 0 heterocycles. The molecule has 1 aliphatic carbocycles. The Morgan fingerprint density at radius 3 is 2.50 bits per heavy atom. The highest BCUT2D eigenvalue weighted by Crippen LogP contribution is 2.39. The van der Waals surface area contributed by atoms with Gasteiger partial charge in [-0.1, -0.05) is 25.5 Å². The number of Topliss-reactive ketones (excluding diaryl/α,β-unsaturated/α-hetero) is 3. The SMILES string of the molecule is CCCC1(CCC(=O)CCCc2cccc(OC)c2)C(=O)CCCC1=O. The Bertz CT molecular complexity index is 631. The van der Waals surface area contributed by atoms with E-state index < -0.39 is 5.41 Å². The molecule has 0 atom stereocenters. The normalized spacial score (nSPS) is 16.5. The summed E-state index contributed by atoms with van der Waals surface area (Å²) in [5, 5.41) is 0. The van der Waals surface area contributed by atoms with Crippen LogP contribution in [-0.2, 0) is 20.8 Å². The highest BCUT2D eigenvalue weighted by Gasteiger charge is 2.45. The number of carbonyl (C=O) groups excluding carboxylic acids is 3. The first-order chi connectivity index (χ1) is 12.5. The van der Waals surface area contributed by atoms with Crippen LogP contribution in [0.2, 0.25) is 0 Å². The van der Waals surface area contributed by atoms with Gasteiger partial charge in [0.15, 0.2) is 0 Å². The number of methoxy groups -OCH3 is 1. The van der Waals surface area contributed by atoms with Crippen molar-refractivity contribution in [3.05, 3.63) is 29.8 Å². The van der Waals surface area contributed by atoms with Crippen LogP contribution in [0.4, 0.5) is 0 Å². The van der Waals surface area contributed by atoms with Crippen LogP contribution in [0.25, 0.3) is 0 Å². The molecule has 0 unspecified atom stereocenters. The lowest BCUT2D eigenvalue weighted by Gasteiger charge is -2.34. The average Bonchev–Trinajstić information content (AvgIpc) is 2.64. The number of hydrogen-bond acceptors (Lipinski definition) is 4. The van der Waals surface area contributed by atoms with Gasteiger partial charge in [0.05, 0.1) is 12.5 Å². The predicted molar refractivity (Wildman–Crippen MR) is 101 cm³/mol. The Hall–Kier alpha value is -1.97. The van der Waals surface area contributed by atoms with Crippen molar-refractivity contribution in [2.75, 3.05) is 7.11 Å². The van der Waals surface area contributed by atoms with Crippen LogP contribution in [0.5, 0.6) is 5.75 Å². The van der Waals surface area contributed by atoms with E-state index in [1.54, 1.807) is 7.11 Å². The van der Waals surface area contributed by atoms with Crippen LogP contribution in [0, 0.1) is 5.41 Å². The largest absolute Gasteiger partial charge is 0.497 e. The summed E-state index contributed by atoms with van der Waals surface area (Å²) in [7, 11) is 1.64. The van der Waals surface area contributed by atoms with Gasteiger partial charge in [-0.15, -0.1) is 0 Å².